The van der Waals surface area contributed by atoms with Crippen LogP contribution >= 0.6 is 23.2 Å². The molecule has 5 nitrogen and oxygen atoms in total. The van der Waals surface area contributed by atoms with Crippen LogP contribution in [0.5, 0.6) is 0 Å². The van der Waals surface area contributed by atoms with E-state index < -0.39 is 0 Å². The van der Waals surface area contributed by atoms with E-state index in [0.717, 1.165) is 24.1 Å². The number of rotatable bonds is 3. The van der Waals surface area contributed by atoms with Crippen LogP contribution < -0.4 is 10.2 Å². The van der Waals surface area contributed by atoms with Gasteiger partial charge in [-0.25, -0.2) is 0 Å². The summed E-state index contributed by atoms with van der Waals surface area (Å²) < 4.78 is 5.24. The molecule has 2 aromatic carbocycles. The number of fused-ring (bicyclic) bond motifs is 1. The third-order valence-corrected chi connectivity index (χ3v) is 5.17. The second-order valence-corrected chi connectivity index (χ2v) is 7.30. The number of benzene rings is 2. The van der Waals surface area contributed by atoms with Gasteiger partial charge in [0.1, 0.15) is 0 Å². The zero-order valence-corrected chi connectivity index (χ0v) is 16.3. The van der Waals surface area contributed by atoms with E-state index in [2.05, 4.69) is 5.32 Å². The van der Waals surface area contributed by atoms with Crippen LogP contribution in [0.3, 0.4) is 0 Å². The number of hydrogen-bond acceptors (Lipinski definition) is 3. The average Bonchev–Trinajstić information content (AvgIpc) is 3.23. The van der Waals surface area contributed by atoms with Gasteiger partial charge < -0.3 is 14.6 Å². The molecule has 142 valence electrons. The molecule has 1 aliphatic heterocycles. The van der Waals surface area contributed by atoms with Gasteiger partial charge in [0.2, 0.25) is 0 Å². The summed E-state index contributed by atoms with van der Waals surface area (Å²) >= 11 is 12.1. The van der Waals surface area contributed by atoms with Crippen molar-refractivity contribution in [2.75, 3.05) is 16.8 Å². The highest BCUT2D eigenvalue weighted by Crippen LogP contribution is 2.31. The molecule has 0 saturated heterocycles. The Morgan fingerprint density at radius 3 is 2.71 bits per heavy atom. The minimum atomic E-state index is -0.341. The lowest BCUT2D eigenvalue weighted by molar-refractivity contribution is 0.0957. The van der Waals surface area contributed by atoms with E-state index >= 15 is 0 Å². The topological polar surface area (TPSA) is 62.6 Å². The Bertz CT molecular complexity index is 1050. The Morgan fingerprint density at radius 2 is 1.93 bits per heavy atom. The van der Waals surface area contributed by atoms with Crippen molar-refractivity contribution in [3.63, 3.8) is 0 Å². The van der Waals surface area contributed by atoms with Crippen molar-refractivity contribution in [1.82, 2.24) is 0 Å². The van der Waals surface area contributed by atoms with Gasteiger partial charge in [-0.1, -0.05) is 23.2 Å². The number of halogens is 2. The van der Waals surface area contributed by atoms with Crippen LogP contribution in [0, 0.1) is 0 Å². The summed E-state index contributed by atoms with van der Waals surface area (Å²) in [5, 5.41) is 3.61. The monoisotopic (exact) mass is 414 g/mol. The molecule has 3 aromatic rings. The van der Waals surface area contributed by atoms with Crippen molar-refractivity contribution < 1.29 is 14.0 Å². The van der Waals surface area contributed by atoms with Gasteiger partial charge in [-0.3, -0.25) is 9.59 Å². The van der Waals surface area contributed by atoms with Gasteiger partial charge in [-0.15, -0.1) is 0 Å². The van der Waals surface area contributed by atoms with Crippen molar-refractivity contribution >= 4 is 46.4 Å². The molecule has 0 atom stereocenters. The highest BCUT2D eigenvalue weighted by atomic mass is 35.5. The van der Waals surface area contributed by atoms with Gasteiger partial charge in [0.25, 0.3) is 11.8 Å². The summed E-state index contributed by atoms with van der Waals surface area (Å²) in [5.41, 5.74) is 2.75. The summed E-state index contributed by atoms with van der Waals surface area (Å²) in [6, 6.07) is 13.6. The second kappa shape index (κ2) is 7.70. The summed E-state index contributed by atoms with van der Waals surface area (Å²) in [5.74, 6) is -0.207. The van der Waals surface area contributed by atoms with Crippen molar-refractivity contribution in [2.45, 2.75) is 12.8 Å². The number of carbonyl (C=O) groups is 2. The number of amides is 2. The van der Waals surface area contributed by atoms with Crippen LogP contribution in [-0.4, -0.2) is 18.4 Å². The maximum Gasteiger partial charge on any atom is 0.293 e. The fraction of sp³-hybridized carbons (Fsp3) is 0.143. The fourth-order valence-corrected chi connectivity index (χ4v) is 3.66. The van der Waals surface area contributed by atoms with Crippen LogP contribution in [0.1, 0.15) is 32.9 Å². The summed E-state index contributed by atoms with van der Waals surface area (Å²) in [6.07, 6.45) is 3.13. The normalized spacial score (nSPS) is 13.1. The average molecular weight is 415 g/mol. The molecule has 2 heterocycles. The Balaban J connectivity index is 1.58. The molecular weight excluding hydrogens is 399 g/mol. The first-order chi connectivity index (χ1) is 13.5. The molecule has 1 aliphatic rings. The smallest absolute Gasteiger partial charge is 0.293 e. The first kappa shape index (κ1) is 18.6. The standard InChI is InChI=1S/C21H16Cl2N2O3/c22-14-5-7-17(23)16(12-14)20(26)24-15-6-8-18-13(11-15)3-1-9-25(18)21(27)19-4-2-10-28-19/h2,4-8,10-12H,1,3,9H2,(H,24,26). The minimum Gasteiger partial charge on any atom is -0.459 e. The SMILES string of the molecule is O=C(Nc1ccc2c(c1)CCCN2C(=O)c1ccco1)c1cc(Cl)ccc1Cl. The minimum absolute atomic E-state index is 0.173. The molecule has 0 fully saturated rings. The zero-order chi connectivity index (χ0) is 19.7. The third-order valence-electron chi connectivity index (χ3n) is 4.61. The predicted octanol–water partition coefficient (Wildman–Crippen LogP) is 5.43. The summed E-state index contributed by atoms with van der Waals surface area (Å²) in [7, 11) is 0. The number of aryl methyl sites for hydroxylation is 1. The van der Waals surface area contributed by atoms with Gasteiger partial charge in [0.15, 0.2) is 5.76 Å². The number of hydrogen-bond donors (Lipinski definition) is 1. The van der Waals surface area contributed by atoms with Crippen molar-refractivity contribution in [1.29, 1.82) is 0 Å². The molecule has 1 aromatic heterocycles. The quantitative estimate of drug-likeness (QED) is 0.621. The van der Waals surface area contributed by atoms with Crippen LogP contribution in [0.4, 0.5) is 11.4 Å². The van der Waals surface area contributed by atoms with E-state index in [-0.39, 0.29) is 11.8 Å². The molecule has 0 bridgehead atoms. The molecular formula is C21H16Cl2N2O3. The Kier molecular flexibility index (Phi) is 5.11. The van der Waals surface area contributed by atoms with E-state index in [9.17, 15) is 9.59 Å². The van der Waals surface area contributed by atoms with E-state index in [0.29, 0.717) is 33.6 Å². The lowest BCUT2D eigenvalue weighted by atomic mass is 10.0. The Labute approximate surface area is 171 Å². The van der Waals surface area contributed by atoms with Gasteiger partial charge in [-0.2, -0.15) is 0 Å². The molecule has 7 heteroatoms. The molecule has 2 amide bonds. The maximum atomic E-state index is 12.7. The Morgan fingerprint density at radius 1 is 1.07 bits per heavy atom. The number of furan rings is 1. The van der Waals surface area contributed by atoms with Gasteiger partial charge in [0, 0.05) is 22.9 Å². The van der Waals surface area contributed by atoms with Gasteiger partial charge >= 0.3 is 0 Å². The van der Waals surface area contributed by atoms with Gasteiger partial charge in [-0.05, 0) is 66.9 Å². The highest BCUT2D eigenvalue weighted by Gasteiger charge is 2.25. The Hall–Kier alpha value is -2.76. The van der Waals surface area contributed by atoms with E-state index in [1.54, 1.807) is 35.2 Å². The third kappa shape index (κ3) is 3.63. The van der Waals surface area contributed by atoms with Gasteiger partial charge in [0.05, 0.1) is 16.8 Å². The lowest BCUT2D eigenvalue weighted by Gasteiger charge is -2.29. The fourth-order valence-electron chi connectivity index (χ4n) is 3.29. The van der Waals surface area contributed by atoms with Crippen molar-refractivity contribution in [3.8, 4) is 0 Å². The van der Waals surface area contributed by atoms with Crippen LogP contribution in [-0.2, 0) is 6.42 Å². The second-order valence-electron chi connectivity index (χ2n) is 6.46. The molecule has 0 radical (unpaired) electrons. The van der Waals surface area contributed by atoms with Crippen molar-refractivity contribution in [2.24, 2.45) is 0 Å². The lowest BCUT2D eigenvalue weighted by Crippen LogP contribution is -2.35. The summed E-state index contributed by atoms with van der Waals surface area (Å²) in [4.78, 5) is 26.9. The summed E-state index contributed by atoms with van der Waals surface area (Å²) in [6.45, 7) is 0.621. The molecule has 0 spiro atoms. The van der Waals surface area contributed by atoms with E-state index in [1.807, 2.05) is 12.1 Å². The van der Waals surface area contributed by atoms with Crippen LogP contribution in [0.2, 0.25) is 10.0 Å². The maximum absolute atomic E-state index is 12.7. The highest BCUT2D eigenvalue weighted by molar-refractivity contribution is 6.36. The predicted molar refractivity (Wildman–Crippen MR) is 110 cm³/mol. The molecule has 0 unspecified atom stereocenters. The zero-order valence-electron chi connectivity index (χ0n) is 14.7. The number of carbonyl (C=O) groups excluding carboxylic acids is 2. The first-order valence-electron chi connectivity index (χ1n) is 8.77. The molecule has 4 rings (SSSR count). The van der Waals surface area contributed by atoms with Crippen LogP contribution in [0.25, 0.3) is 0 Å². The number of anilines is 2. The first-order valence-corrected chi connectivity index (χ1v) is 9.53. The molecule has 0 aliphatic carbocycles. The van der Waals surface area contributed by atoms with E-state index in [1.165, 1.54) is 12.3 Å². The number of nitrogens with one attached hydrogen (secondary N) is 1. The van der Waals surface area contributed by atoms with Crippen LogP contribution in [0.15, 0.2) is 59.2 Å². The van der Waals surface area contributed by atoms with E-state index in [4.69, 9.17) is 27.6 Å². The van der Waals surface area contributed by atoms with Crippen molar-refractivity contribution in [3.05, 3.63) is 81.7 Å². The molecule has 1 N–H and O–H groups in total. The molecule has 0 saturated carbocycles. The largest absolute Gasteiger partial charge is 0.459 e. The number of nitrogens with zero attached hydrogens (tertiary/aromatic N) is 1. The molecule has 28 heavy (non-hydrogen) atoms.